The molecule has 0 saturated carbocycles. The van der Waals surface area contributed by atoms with E-state index >= 15 is 0 Å². The number of urea groups is 1. The van der Waals surface area contributed by atoms with E-state index in [0.717, 1.165) is 18.4 Å². The molecule has 2 aromatic rings. The molecular weight excluding hydrogens is 322 g/mol. The summed E-state index contributed by atoms with van der Waals surface area (Å²) in [6.45, 7) is 2.54. The Bertz CT molecular complexity index is 614. The van der Waals surface area contributed by atoms with Gasteiger partial charge in [0.15, 0.2) is 0 Å². The largest absolute Gasteiger partial charge is 0.508 e. The molecule has 0 aliphatic heterocycles. The van der Waals surface area contributed by atoms with Crippen LogP contribution in [-0.2, 0) is 12.8 Å². The fourth-order valence-electron chi connectivity index (χ4n) is 2.50. The molecule has 1 heterocycles. The molecule has 0 aliphatic carbocycles. The van der Waals surface area contributed by atoms with Gasteiger partial charge in [0, 0.05) is 18.6 Å². The van der Waals surface area contributed by atoms with Gasteiger partial charge in [0.1, 0.15) is 5.75 Å². The lowest BCUT2D eigenvalue weighted by molar-refractivity contribution is 0.236. The van der Waals surface area contributed by atoms with Crippen molar-refractivity contribution in [1.29, 1.82) is 0 Å². The molecule has 2 amide bonds. The summed E-state index contributed by atoms with van der Waals surface area (Å²) in [4.78, 5) is 12.0. The molecule has 6 heteroatoms. The maximum absolute atomic E-state index is 12.0. The average molecular weight is 347 g/mol. The van der Waals surface area contributed by atoms with E-state index in [1.165, 1.54) is 5.56 Å². The predicted octanol–water partition coefficient (Wildman–Crippen LogP) is 2.51. The third-order valence-corrected chi connectivity index (χ3v) is 4.57. The highest BCUT2D eigenvalue weighted by Crippen LogP contribution is 2.11. The van der Waals surface area contributed by atoms with Crippen LogP contribution in [0.15, 0.2) is 41.1 Å². The molecule has 1 aromatic carbocycles. The summed E-state index contributed by atoms with van der Waals surface area (Å²) in [7, 11) is 1.88. The summed E-state index contributed by atoms with van der Waals surface area (Å²) in [5.41, 5.74) is 2.36. The zero-order valence-corrected chi connectivity index (χ0v) is 14.9. The minimum Gasteiger partial charge on any atom is -0.508 e. The zero-order valence-electron chi connectivity index (χ0n) is 14.1. The number of thiophene rings is 1. The maximum Gasteiger partial charge on any atom is 0.315 e. The van der Waals surface area contributed by atoms with Crippen LogP contribution in [0.1, 0.15) is 18.1 Å². The lowest BCUT2D eigenvalue weighted by atomic mass is 10.1. The van der Waals surface area contributed by atoms with Gasteiger partial charge in [0.05, 0.1) is 0 Å². The Labute approximate surface area is 147 Å². The Morgan fingerprint density at radius 2 is 1.92 bits per heavy atom. The van der Waals surface area contributed by atoms with Gasteiger partial charge in [-0.15, -0.1) is 0 Å². The number of carbonyl (C=O) groups excluding carboxylic acids is 1. The first-order valence-electron chi connectivity index (χ1n) is 8.07. The molecule has 2 atom stereocenters. The van der Waals surface area contributed by atoms with Crippen LogP contribution in [-0.4, -0.2) is 36.8 Å². The van der Waals surface area contributed by atoms with Crippen LogP contribution in [0.3, 0.4) is 0 Å². The van der Waals surface area contributed by atoms with Gasteiger partial charge >= 0.3 is 6.03 Å². The lowest BCUT2D eigenvalue weighted by Gasteiger charge is -2.19. The summed E-state index contributed by atoms with van der Waals surface area (Å²) in [6, 6.07) is 9.28. The first kappa shape index (κ1) is 18.3. The Morgan fingerprint density at radius 1 is 1.17 bits per heavy atom. The molecule has 5 nitrogen and oxygen atoms in total. The zero-order chi connectivity index (χ0) is 17.4. The number of benzene rings is 1. The fourth-order valence-corrected chi connectivity index (χ4v) is 3.18. The Kier molecular flexibility index (Phi) is 7.08. The van der Waals surface area contributed by atoms with Crippen molar-refractivity contribution < 1.29 is 9.90 Å². The number of rotatable bonds is 8. The molecule has 0 radical (unpaired) electrons. The quantitative estimate of drug-likeness (QED) is 0.593. The third-order valence-electron chi connectivity index (χ3n) is 3.84. The smallest absolute Gasteiger partial charge is 0.315 e. The van der Waals surface area contributed by atoms with Crippen LogP contribution < -0.4 is 16.0 Å². The second-order valence-electron chi connectivity index (χ2n) is 5.95. The molecule has 24 heavy (non-hydrogen) atoms. The second-order valence-corrected chi connectivity index (χ2v) is 6.73. The van der Waals surface area contributed by atoms with Crippen molar-refractivity contribution in [2.24, 2.45) is 0 Å². The molecule has 0 fully saturated rings. The van der Waals surface area contributed by atoms with Crippen molar-refractivity contribution >= 4 is 17.4 Å². The van der Waals surface area contributed by atoms with Crippen molar-refractivity contribution in [3.8, 4) is 5.75 Å². The fraction of sp³-hybridized carbons (Fsp3) is 0.389. The van der Waals surface area contributed by atoms with Gasteiger partial charge in [0.2, 0.25) is 0 Å². The van der Waals surface area contributed by atoms with Crippen LogP contribution >= 0.6 is 11.3 Å². The van der Waals surface area contributed by atoms with E-state index in [-0.39, 0.29) is 23.9 Å². The number of nitrogens with one attached hydrogen (secondary N) is 3. The van der Waals surface area contributed by atoms with Gasteiger partial charge in [0.25, 0.3) is 0 Å². The summed E-state index contributed by atoms with van der Waals surface area (Å²) in [6.07, 6.45) is 1.61. The molecule has 0 aliphatic rings. The van der Waals surface area contributed by atoms with E-state index in [1.807, 2.05) is 31.5 Å². The van der Waals surface area contributed by atoms with Crippen molar-refractivity contribution in [2.45, 2.75) is 31.8 Å². The highest BCUT2D eigenvalue weighted by Gasteiger charge is 2.12. The Hall–Kier alpha value is -2.05. The van der Waals surface area contributed by atoms with Crippen LogP contribution in [0, 0.1) is 0 Å². The summed E-state index contributed by atoms with van der Waals surface area (Å²) in [5.74, 6) is 0.261. The number of aromatic hydroxyl groups is 1. The Balaban J connectivity index is 1.73. The van der Waals surface area contributed by atoms with Gasteiger partial charge in [-0.3, -0.25) is 0 Å². The first-order chi connectivity index (χ1) is 11.6. The SMILES string of the molecule is CN[C@H](CNC(=O)N[C@@H](C)Cc1ccsc1)Cc1ccc(O)cc1. The van der Waals surface area contributed by atoms with Gasteiger partial charge in [-0.1, -0.05) is 12.1 Å². The van der Waals surface area contributed by atoms with Gasteiger partial charge in [-0.2, -0.15) is 11.3 Å². The van der Waals surface area contributed by atoms with Crippen molar-refractivity contribution in [2.75, 3.05) is 13.6 Å². The van der Waals surface area contributed by atoms with Crippen LogP contribution in [0.25, 0.3) is 0 Å². The number of amides is 2. The predicted molar refractivity (Wildman–Crippen MR) is 98.7 cm³/mol. The highest BCUT2D eigenvalue weighted by atomic mass is 32.1. The van der Waals surface area contributed by atoms with E-state index in [0.29, 0.717) is 6.54 Å². The molecule has 0 spiro atoms. The maximum atomic E-state index is 12.0. The van der Waals surface area contributed by atoms with E-state index in [1.54, 1.807) is 23.5 Å². The molecule has 0 bridgehead atoms. The number of hydrogen-bond acceptors (Lipinski definition) is 4. The van der Waals surface area contributed by atoms with Gasteiger partial charge in [-0.05, 0) is 66.9 Å². The molecule has 0 unspecified atom stereocenters. The minimum atomic E-state index is -0.149. The van der Waals surface area contributed by atoms with Crippen LogP contribution in [0.2, 0.25) is 0 Å². The lowest BCUT2D eigenvalue weighted by Crippen LogP contribution is -2.47. The number of phenolic OH excluding ortho intramolecular Hbond substituents is 1. The standard InChI is InChI=1S/C18H25N3O2S/c1-13(9-15-7-8-24-12-15)21-18(23)20-11-16(19-2)10-14-3-5-17(22)6-4-14/h3-8,12-13,16,19,22H,9-11H2,1-2H3,(H2,20,21,23)/t13-,16-/m0/s1. The van der Waals surface area contributed by atoms with E-state index in [2.05, 4.69) is 27.4 Å². The molecule has 2 rings (SSSR count). The molecule has 1 aromatic heterocycles. The molecule has 0 saturated heterocycles. The van der Waals surface area contributed by atoms with Gasteiger partial charge in [-0.25, -0.2) is 4.79 Å². The normalized spacial score (nSPS) is 13.2. The first-order valence-corrected chi connectivity index (χ1v) is 9.01. The van der Waals surface area contributed by atoms with Crippen LogP contribution in [0.4, 0.5) is 4.79 Å². The van der Waals surface area contributed by atoms with Gasteiger partial charge < -0.3 is 21.1 Å². The summed E-state index contributed by atoms with van der Waals surface area (Å²) < 4.78 is 0. The molecule has 130 valence electrons. The van der Waals surface area contributed by atoms with Crippen molar-refractivity contribution in [1.82, 2.24) is 16.0 Å². The summed E-state index contributed by atoms with van der Waals surface area (Å²) >= 11 is 1.67. The molecule has 4 N–H and O–H groups in total. The summed E-state index contributed by atoms with van der Waals surface area (Å²) in [5, 5.41) is 22.6. The third kappa shape index (κ3) is 6.22. The van der Waals surface area contributed by atoms with E-state index < -0.39 is 0 Å². The highest BCUT2D eigenvalue weighted by molar-refractivity contribution is 7.07. The second kappa shape index (κ2) is 9.30. The van der Waals surface area contributed by atoms with Crippen molar-refractivity contribution in [3.63, 3.8) is 0 Å². The van der Waals surface area contributed by atoms with E-state index in [9.17, 15) is 9.90 Å². The number of likely N-dealkylation sites (N-methyl/N-ethyl adjacent to an activating group) is 1. The number of phenols is 1. The monoisotopic (exact) mass is 347 g/mol. The number of carbonyl (C=O) groups is 1. The number of hydrogen-bond donors (Lipinski definition) is 4. The van der Waals surface area contributed by atoms with Crippen molar-refractivity contribution in [3.05, 3.63) is 52.2 Å². The average Bonchev–Trinajstić information content (AvgIpc) is 3.06. The minimum absolute atomic E-state index is 0.0877. The Morgan fingerprint density at radius 3 is 2.54 bits per heavy atom. The van der Waals surface area contributed by atoms with E-state index in [4.69, 9.17) is 0 Å². The topological polar surface area (TPSA) is 73.4 Å². The molecular formula is C18H25N3O2S. The van der Waals surface area contributed by atoms with Crippen LogP contribution in [0.5, 0.6) is 5.75 Å².